The molecule has 0 spiro atoms. The highest BCUT2D eigenvalue weighted by atomic mass is 127. The van der Waals surface area contributed by atoms with Gasteiger partial charge in [-0.3, -0.25) is 0 Å². The van der Waals surface area contributed by atoms with Gasteiger partial charge in [0.05, 0.1) is 20.8 Å². The van der Waals surface area contributed by atoms with Crippen LogP contribution < -0.4 is 20.5 Å². The zero-order valence-corrected chi connectivity index (χ0v) is 19.4. The fourth-order valence-corrected chi connectivity index (χ4v) is 2.79. The van der Waals surface area contributed by atoms with Gasteiger partial charge in [-0.25, -0.2) is 4.99 Å². The lowest BCUT2D eigenvalue weighted by Gasteiger charge is -2.11. The minimum absolute atomic E-state index is 0. The van der Waals surface area contributed by atoms with Crippen LogP contribution in [-0.4, -0.2) is 45.7 Å². The highest BCUT2D eigenvalue weighted by Crippen LogP contribution is 2.27. The molecular weight excluding hydrogens is 467 g/mol. The molecule has 0 heterocycles. The molecule has 0 fully saturated rings. The van der Waals surface area contributed by atoms with Crippen LogP contribution in [0.25, 0.3) is 0 Å². The summed E-state index contributed by atoms with van der Waals surface area (Å²) in [4.78, 5) is 6.58. The predicted octanol–water partition coefficient (Wildman–Crippen LogP) is 3.03. The number of guanidine groups is 1. The van der Waals surface area contributed by atoms with Crippen molar-refractivity contribution in [3.05, 3.63) is 59.2 Å². The number of rotatable bonds is 9. The topological polar surface area (TPSA) is 72.1 Å². The van der Waals surface area contributed by atoms with E-state index in [2.05, 4.69) is 53.6 Å². The highest BCUT2D eigenvalue weighted by Gasteiger charge is 2.04. The number of nitrogens with one attached hydrogen (secondary N) is 1. The molecule has 28 heavy (non-hydrogen) atoms. The molecule has 0 aliphatic carbocycles. The second-order valence-corrected chi connectivity index (χ2v) is 6.63. The summed E-state index contributed by atoms with van der Waals surface area (Å²) in [6, 6.07) is 14.3. The van der Waals surface area contributed by atoms with E-state index in [9.17, 15) is 0 Å². The molecule has 6 nitrogen and oxygen atoms in total. The summed E-state index contributed by atoms with van der Waals surface area (Å²) in [5.74, 6) is 1.91. The summed E-state index contributed by atoms with van der Waals surface area (Å²) in [5.41, 5.74) is 9.56. The summed E-state index contributed by atoms with van der Waals surface area (Å²) in [5, 5.41) is 3.16. The van der Waals surface area contributed by atoms with Crippen molar-refractivity contribution in [3.63, 3.8) is 0 Å². The number of hydrogen-bond donors (Lipinski definition) is 2. The zero-order chi connectivity index (χ0) is 19.6. The highest BCUT2D eigenvalue weighted by molar-refractivity contribution is 14.0. The first kappa shape index (κ1) is 24.0. The van der Waals surface area contributed by atoms with Gasteiger partial charge in [0, 0.05) is 13.1 Å². The molecule has 0 amide bonds. The molecule has 0 aliphatic rings. The van der Waals surface area contributed by atoms with E-state index < -0.39 is 0 Å². The number of benzene rings is 2. The van der Waals surface area contributed by atoms with Crippen molar-refractivity contribution in [3.8, 4) is 11.5 Å². The van der Waals surface area contributed by atoms with E-state index in [1.165, 1.54) is 5.56 Å². The van der Waals surface area contributed by atoms with Crippen molar-refractivity contribution >= 4 is 29.9 Å². The third-order valence-corrected chi connectivity index (χ3v) is 4.09. The van der Waals surface area contributed by atoms with Gasteiger partial charge in [-0.15, -0.1) is 24.0 Å². The fraction of sp³-hybridized carbons (Fsp3) is 0.381. The normalized spacial score (nSPS) is 11.1. The van der Waals surface area contributed by atoms with E-state index in [0.717, 1.165) is 35.6 Å². The lowest BCUT2D eigenvalue weighted by Crippen LogP contribution is -2.33. The second kappa shape index (κ2) is 12.5. The summed E-state index contributed by atoms with van der Waals surface area (Å²) in [7, 11) is 7.39. The van der Waals surface area contributed by atoms with Crippen LogP contribution in [0.5, 0.6) is 11.5 Å². The Morgan fingerprint density at radius 1 is 1.00 bits per heavy atom. The summed E-state index contributed by atoms with van der Waals surface area (Å²) < 4.78 is 10.6. The van der Waals surface area contributed by atoms with Crippen molar-refractivity contribution < 1.29 is 9.47 Å². The van der Waals surface area contributed by atoms with Crippen LogP contribution in [0.2, 0.25) is 0 Å². The number of methoxy groups -OCH3 is 2. The van der Waals surface area contributed by atoms with Crippen LogP contribution in [0.4, 0.5) is 0 Å². The number of nitrogens with zero attached hydrogens (tertiary/aromatic N) is 2. The molecule has 0 aromatic heterocycles. The third-order valence-electron chi connectivity index (χ3n) is 4.09. The maximum absolute atomic E-state index is 5.99. The number of halogens is 1. The van der Waals surface area contributed by atoms with Crippen LogP contribution in [0.15, 0.2) is 47.5 Å². The van der Waals surface area contributed by atoms with E-state index in [-0.39, 0.29) is 24.0 Å². The number of ether oxygens (including phenoxy) is 2. The molecule has 0 saturated heterocycles. The Kier molecular flexibility index (Phi) is 10.7. The first-order valence-electron chi connectivity index (χ1n) is 8.99. The van der Waals surface area contributed by atoms with Gasteiger partial charge in [0.25, 0.3) is 0 Å². The Morgan fingerprint density at radius 2 is 1.71 bits per heavy atom. The molecule has 0 saturated carbocycles. The number of aliphatic imine (C=N–C) groups is 1. The summed E-state index contributed by atoms with van der Waals surface area (Å²) in [6.07, 6.45) is 0.814. The van der Waals surface area contributed by atoms with Crippen molar-refractivity contribution in [1.29, 1.82) is 0 Å². The number of hydrogen-bond acceptors (Lipinski definition) is 4. The Hall–Kier alpha value is -2.00. The van der Waals surface area contributed by atoms with E-state index in [0.29, 0.717) is 19.0 Å². The Balaban J connectivity index is 0.00000392. The fourth-order valence-electron chi connectivity index (χ4n) is 2.79. The molecule has 0 bridgehead atoms. The SMILES string of the molecule is COc1ccc(CCNC(N)=NCc2cccc(CN(C)C)c2)cc1OC.I. The molecule has 0 radical (unpaired) electrons. The molecule has 0 unspecified atom stereocenters. The Labute approximate surface area is 185 Å². The maximum Gasteiger partial charge on any atom is 0.188 e. The van der Waals surface area contributed by atoms with Crippen molar-refractivity contribution in [1.82, 2.24) is 10.2 Å². The van der Waals surface area contributed by atoms with Crippen LogP contribution in [-0.2, 0) is 19.5 Å². The monoisotopic (exact) mass is 498 g/mol. The van der Waals surface area contributed by atoms with E-state index >= 15 is 0 Å². The van der Waals surface area contributed by atoms with Gasteiger partial charge in [-0.05, 0) is 49.3 Å². The van der Waals surface area contributed by atoms with Gasteiger partial charge >= 0.3 is 0 Å². The minimum atomic E-state index is 0. The molecule has 3 N–H and O–H groups in total. The van der Waals surface area contributed by atoms with Gasteiger partial charge in [-0.1, -0.05) is 30.3 Å². The molecule has 0 aliphatic heterocycles. The Morgan fingerprint density at radius 3 is 2.39 bits per heavy atom. The smallest absolute Gasteiger partial charge is 0.188 e. The zero-order valence-electron chi connectivity index (χ0n) is 17.1. The Bertz CT molecular complexity index is 766. The summed E-state index contributed by atoms with van der Waals surface area (Å²) >= 11 is 0. The average molecular weight is 498 g/mol. The van der Waals surface area contributed by atoms with Crippen LogP contribution in [0.3, 0.4) is 0 Å². The standard InChI is InChI=1S/C21H30N4O2.HI/c1-25(2)15-18-7-5-6-17(12-18)14-24-21(22)23-11-10-16-8-9-19(26-3)20(13-16)27-4;/h5-9,12-13H,10-11,14-15H2,1-4H3,(H3,22,23,24);1H. The van der Waals surface area contributed by atoms with E-state index in [1.807, 2.05) is 18.2 Å². The van der Waals surface area contributed by atoms with Crippen LogP contribution in [0, 0.1) is 0 Å². The molecule has 0 atom stereocenters. The van der Waals surface area contributed by atoms with Crippen molar-refractivity contribution in [2.24, 2.45) is 10.7 Å². The van der Waals surface area contributed by atoms with Gasteiger partial charge in [-0.2, -0.15) is 0 Å². The lowest BCUT2D eigenvalue weighted by atomic mass is 10.1. The largest absolute Gasteiger partial charge is 0.493 e. The van der Waals surface area contributed by atoms with Crippen molar-refractivity contribution in [2.45, 2.75) is 19.5 Å². The van der Waals surface area contributed by atoms with Crippen molar-refractivity contribution in [2.75, 3.05) is 34.9 Å². The molecule has 2 rings (SSSR count). The number of nitrogens with two attached hydrogens (primary N) is 1. The first-order chi connectivity index (χ1) is 13.0. The molecule has 2 aromatic rings. The molecule has 2 aromatic carbocycles. The summed E-state index contributed by atoms with van der Waals surface area (Å²) in [6.45, 7) is 2.18. The predicted molar refractivity (Wildman–Crippen MR) is 126 cm³/mol. The third kappa shape index (κ3) is 7.93. The van der Waals surface area contributed by atoms with Gasteiger partial charge in [0.1, 0.15) is 0 Å². The quantitative estimate of drug-likeness (QED) is 0.316. The van der Waals surface area contributed by atoms with Gasteiger partial charge < -0.3 is 25.4 Å². The maximum atomic E-state index is 5.99. The molecule has 154 valence electrons. The van der Waals surface area contributed by atoms with Crippen LogP contribution in [0.1, 0.15) is 16.7 Å². The van der Waals surface area contributed by atoms with E-state index in [4.69, 9.17) is 15.2 Å². The molecular formula is C21H31IN4O2. The minimum Gasteiger partial charge on any atom is -0.493 e. The van der Waals surface area contributed by atoms with Gasteiger partial charge in [0.15, 0.2) is 17.5 Å². The van der Waals surface area contributed by atoms with E-state index in [1.54, 1.807) is 14.2 Å². The lowest BCUT2D eigenvalue weighted by molar-refractivity contribution is 0.354. The molecule has 7 heteroatoms. The second-order valence-electron chi connectivity index (χ2n) is 6.63. The van der Waals surface area contributed by atoms with Gasteiger partial charge in [0.2, 0.25) is 0 Å². The first-order valence-corrected chi connectivity index (χ1v) is 8.99. The average Bonchev–Trinajstić information content (AvgIpc) is 2.66. The van der Waals surface area contributed by atoms with Crippen LogP contribution >= 0.6 is 24.0 Å².